The summed E-state index contributed by atoms with van der Waals surface area (Å²) >= 11 is 1.47. The predicted molar refractivity (Wildman–Crippen MR) is 113 cm³/mol. The standard InChI is InChI=1S/C20H35N3O3S/c1-3-4-5-6-7-8-9-14-27-23-20(24)22-16-17-10-11-18(26-13-12-21)19(15-17)25-2/h10-11,15H,3-9,12-14,16,21H2,1-2H3,(H2,22,23,24). The molecule has 2 amide bonds. The Kier molecular flexibility index (Phi) is 13.4. The van der Waals surface area contributed by atoms with Crippen LogP contribution in [-0.2, 0) is 6.54 Å². The zero-order valence-corrected chi connectivity index (χ0v) is 17.5. The summed E-state index contributed by atoms with van der Waals surface area (Å²) in [6, 6.07) is 5.42. The second-order valence-electron chi connectivity index (χ2n) is 6.38. The van der Waals surface area contributed by atoms with Gasteiger partial charge >= 0.3 is 6.03 Å². The molecule has 0 atom stereocenters. The molecule has 0 aliphatic rings. The number of amides is 2. The van der Waals surface area contributed by atoms with Crippen LogP contribution in [0.25, 0.3) is 0 Å². The van der Waals surface area contributed by atoms with Gasteiger partial charge in [0, 0.05) is 18.8 Å². The molecule has 0 saturated heterocycles. The van der Waals surface area contributed by atoms with Gasteiger partial charge in [-0.25, -0.2) is 4.79 Å². The van der Waals surface area contributed by atoms with E-state index in [9.17, 15) is 4.79 Å². The number of ether oxygens (including phenoxy) is 2. The molecule has 27 heavy (non-hydrogen) atoms. The Labute approximate surface area is 168 Å². The summed E-state index contributed by atoms with van der Waals surface area (Å²) in [6.07, 6.45) is 8.96. The Balaban J connectivity index is 2.17. The lowest BCUT2D eigenvalue weighted by atomic mass is 10.1. The van der Waals surface area contributed by atoms with E-state index < -0.39 is 0 Å². The third-order valence-electron chi connectivity index (χ3n) is 4.07. The fraction of sp³-hybridized carbons (Fsp3) is 0.650. The van der Waals surface area contributed by atoms with E-state index in [0.29, 0.717) is 31.2 Å². The van der Waals surface area contributed by atoms with Crippen LogP contribution in [0.2, 0.25) is 0 Å². The molecule has 0 spiro atoms. The number of hydrogen-bond donors (Lipinski definition) is 3. The lowest BCUT2D eigenvalue weighted by Crippen LogP contribution is -2.31. The van der Waals surface area contributed by atoms with Crippen molar-refractivity contribution in [3.63, 3.8) is 0 Å². The van der Waals surface area contributed by atoms with Gasteiger partial charge in [0.2, 0.25) is 0 Å². The van der Waals surface area contributed by atoms with Crippen molar-refractivity contribution in [1.29, 1.82) is 0 Å². The molecule has 0 unspecified atom stereocenters. The van der Waals surface area contributed by atoms with E-state index in [1.54, 1.807) is 7.11 Å². The summed E-state index contributed by atoms with van der Waals surface area (Å²) in [6.45, 7) is 3.55. The summed E-state index contributed by atoms with van der Waals surface area (Å²) in [5.41, 5.74) is 6.39. The minimum Gasteiger partial charge on any atom is -0.493 e. The van der Waals surface area contributed by atoms with Gasteiger partial charge in [-0.2, -0.15) is 0 Å². The molecule has 6 nitrogen and oxygen atoms in total. The third-order valence-corrected chi connectivity index (χ3v) is 4.89. The molecule has 7 heteroatoms. The van der Waals surface area contributed by atoms with Crippen molar-refractivity contribution < 1.29 is 14.3 Å². The first-order valence-corrected chi connectivity index (χ1v) is 10.8. The first-order valence-electron chi connectivity index (χ1n) is 9.86. The number of urea groups is 1. The number of methoxy groups -OCH3 is 1. The maximum Gasteiger partial charge on any atom is 0.325 e. The van der Waals surface area contributed by atoms with E-state index in [2.05, 4.69) is 17.0 Å². The molecular formula is C20H35N3O3S. The summed E-state index contributed by atoms with van der Waals surface area (Å²) in [5.74, 6) is 2.24. The molecule has 0 saturated carbocycles. The minimum atomic E-state index is -0.176. The predicted octanol–water partition coefficient (Wildman–Crippen LogP) is 4.23. The van der Waals surface area contributed by atoms with Crippen LogP contribution < -0.4 is 25.2 Å². The summed E-state index contributed by atoms with van der Waals surface area (Å²) in [4.78, 5) is 11.9. The van der Waals surface area contributed by atoms with Gasteiger partial charge in [0.25, 0.3) is 0 Å². The number of carbonyl (C=O) groups excluding carboxylic acids is 1. The van der Waals surface area contributed by atoms with E-state index in [0.717, 1.165) is 17.7 Å². The first kappa shape index (κ1) is 23.4. The molecule has 0 fully saturated rings. The van der Waals surface area contributed by atoms with Crippen molar-refractivity contribution >= 4 is 18.0 Å². The molecule has 1 aromatic carbocycles. The second-order valence-corrected chi connectivity index (χ2v) is 7.28. The highest BCUT2D eigenvalue weighted by Gasteiger charge is 2.07. The monoisotopic (exact) mass is 397 g/mol. The average molecular weight is 398 g/mol. The number of rotatable bonds is 15. The molecule has 0 heterocycles. The van der Waals surface area contributed by atoms with E-state index >= 15 is 0 Å². The fourth-order valence-corrected chi connectivity index (χ4v) is 3.23. The maximum absolute atomic E-state index is 11.9. The second kappa shape index (κ2) is 15.5. The molecule has 1 rings (SSSR count). The van der Waals surface area contributed by atoms with Gasteiger partial charge in [-0.05, 0) is 36.1 Å². The summed E-state index contributed by atoms with van der Waals surface area (Å²) in [5, 5.41) is 2.85. The zero-order valence-electron chi connectivity index (χ0n) is 16.7. The van der Waals surface area contributed by atoms with Crippen molar-refractivity contribution in [2.45, 2.75) is 58.4 Å². The van der Waals surface area contributed by atoms with Crippen LogP contribution in [0.1, 0.15) is 57.4 Å². The lowest BCUT2D eigenvalue weighted by Gasteiger charge is -2.12. The van der Waals surface area contributed by atoms with Gasteiger partial charge in [-0.1, -0.05) is 51.5 Å². The molecule has 0 radical (unpaired) electrons. The van der Waals surface area contributed by atoms with Gasteiger partial charge < -0.3 is 20.5 Å². The molecule has 1 aromatic rings. The van der Waals surface area contributed by atoms with Gasteiger partial charge in [0.05, 0.1) is 7.11 Å². The Morgan fingerprint density at radius 1 is 1.11 bits per heavy atom. The van der Waals surface area contributed by atoms with Crippen LogP contribution in [-0.4, -0.2) is 32.0 Å². The third kappa shape index (κ3) is 11.0. The van der Waals surface area contributed by atoms with Crippen LogP contribution in [0, 0.1) is 0 Å². The number of benzene rings is 1. The summed E-state index contributed by atoms with van der Waals surface area (Å²) < 4.78 is 13.7. The number of hydrogen-bond acceptors (Lipinski definition) is 5. The highest BCUT2D eigenvalue weighted by atomic mass is 32.2. The molecule has 0 aliphatic heterocycles. The molecule has 154 valence electrons. The molecule has 4 N–H and O–H groups in total. The SMILES string of the molecule is CCCCCCCCCSNC(=O)NCc1ccc(OCCN)c(OC)c1. The number of unbranched alkanes of at least 4 members (excludes halogenated alkanes) is 6. The van der Waals surface area contributed by atoms with E-state index in [4.69, 9.17) is 15.2 Å². The van der Waals surface area contributed by atoms with E-state index in [-0.39, 0.29) is 6.03 Å². The molecule has 0 bridgehead atoms. The Bertz CT molecular complexity index is 529. The van der Waals surface area contributed by atoms with Crippen molar-refractivity contribution in [3.8, 4) is 11.5 Å². The van der Waals surface area contributed by atoms with Gasteiger partial charge in [-0.15, -0.1) is 0 Å². The first-order chi connectivity index (χ1) is 13.2. The van der Waals surface area contributed by atoms with Gasteiger partial charge in [-0.3, -0.25) is 4.72 Å². The highest BCUT2D eigenvalue weighted by Crippen LogP contribution is 2.27. The fourth-order valence-electron chi connectivity index (χ4n) is 2.58. The van der Waals surface area contributed by atoms with Crippen molar-refractivity contribution in [1.82, 2.24) is 10.0 Å². The highest BCUT2D eigenvalue weighted by molar-refractivity contribution is 7.97. The quantitative estimate of drug-likeness (QED) is 0.305. The lowest BCUT2D eigenvalue weighted by molar-refractivity contribution is 0.246. The topological polar surface area (TPSA) is 85.6 Å². The van der Waals surface area contributed by atoms with Gasteiger partial charge in [0.15, 0.2) is 11.5 Å². The minimum absolute atomic E-state index is 0.176. The Hall–Kier alpha value is -1.60. The smallest absolute Gasteiger partial charge is 0.325 e. The van der Waals surface area contributed by atoms with Gasteiger partial charge in [0.1, 0.15) is 6.61 Å². The number of carbonyl (C=O) groups is 1. The Morgan fingerprint density at radius 3 is 2.56 bits per heavy atom. The average Bonchev–Trinajstić information content (AvgIpc) is 2.69. The van der Waals surface area contributed by atoms with E-state index in [1.807, 2.05) is 18.2 Å². The molecular weight excluding hydrogens is 362 g/mol. The summed E-state index contributed by atoms with van der Waals surface area (Å²) in [7, 11) is 1.59. The normalized spacial score (nSPS) is 10.5. The number of nitrogens with two attached hydrogens (primary N) is 1. The largest absolute Gasteiger partial charge is 0.493 e. The molecule has 0 aromatic heterocycles. The zero-order chi connectivity index (χ0) is 19.7. The van der Waals surface area contributed by atoms with Crippen LogP contribution in [0.4, 0.5) is 4.79 Å². The van der Waals surface area contributed by atoms with Crippen molar-refractivity contribution in [2.24, 2.45) is 5.73 Å². The van der Waals surface area contributed by atoms with Crippen LogP contribution in [0.3, 0.4) is 0 Å². The van der Waals surface area contributed by atoms with Crippen LogP contribution in [0.5, 0.6) is 11.5 Å². The van der Waals surface area contributed by atoms with Crippen molar-refractivity contribution in [2.75, 3.05) is 26.0 Å². The van der Waals surface area contributed by atoms with E-state index in [1.165, 1.54) is 50.5 Å². The Morgan fingerprint density at radius 2 is 1.85 bits per heavy atom. The molecule has 0 aliphatic carbocycles. The van der Waals surface area contributed by atoms with Crippen LogP contribution >= 0.6 is 11.9 Å². The number of nitrogens with one attached hydrogen (secondary N) is 2. The maximum atomic E-state index is 11.9. The van der Waals surface area contributed by atoms with Crippen molar-refractivity contribution in [3.05, 3.63) is 23.8 Å². The van der Waals surface area contributed by atoms with Crippen LogP contribution in [0.15, 0.2) is 18.2 Å².